The highest BCUT2D eigenvalue weighted by molar-refractivity contribution is 6.70. The molecule has 6 heteroatoms. The van der Waals surface area contributed by atoms with Gasteiger partial charge in [-0.1, -0.05) is 13.8 Å². The minimum atomic E-state index is -1.64. The van der Waals surface area contributed by atoms with E-state index < -0.39 is 25.0 Å². The molecule has 36 heavy (non-hydrogen) atoms. The van der Waals surface area contributed by atoms with E-state index in [0.717, 1.165) is 23.7 Å². The molecule has 0 amide bonds. The summed E-state index contributed by atoms with van der Waals surface area (Å²) in [5, 5.41) is 0. The van der Waals surface area contributed by atoms with Gasteiger partial charge in [-0.05, 0) is 158 Å². The SMILES string of the molecule is CC(O[Si](C)(C)C)[C@H]1CCC2C3C(O[Si](C)(C)C)CC4CC(O[Si](C)(C)C)CC[C@]4(C)C3CC[C@@]21C. The number of hydrogen-bond donors (Lipinski definition) is 0. The first-order chi connectivity index (χ1) is 16.3. The molecule has 4 fully saturated rings. The van der Waals surface area contributed by atoms with Crippen LogP contribution in [-0.2, 0) is 13.3 Å². The Labute approximate surface area is 227 Å². The molecule has 4 aliphatic rings. The standard InChI is InChI=1S/C30H60O3Si3/c1-21(31-34(4,5)6)24-13-14-25-28-26(16-18-30(24,25)3)29(2)17-15-23(32-35(7,8)9)19-22(29)20-27(28)33-36(10,11)12/h21-28H,13-20H2,1-12H3/t21?,22?,23?,24-,25?,26?,27?,28?,29+,30-/m1/s1. The van der Waals surface area contributed by atoms with Crippen molar-refractivity contribution in [1.82, 2.24) is 0 Å². The molecule has 4 rings (SSSR count). The van der Waals surface area contributed by atoms with Crippen LogP contribution in [0.2, 0.25) is 58.9 Å². The van der Waals surface area contributed by atoms with Gasteiger partial charge in [-0.2, -0.15) is 0 Å². The van der Waals surface area contributed by atoms with Crippen LogP contribution in [0, 0.1) is 40.4 Å². The maximum absolute atomic E-state index is 7.19. The Balaban J connectivity index is 1.62. The van der Waals surface area contributed by atoms with Crippen molar-refractivity contribution in [3.63, 3.8) is 0 Å². The van der Waals surface area contributed by atoms with Gasteiger partial charge >= 0.3 is 0 Å². The van der Waals surface area contributed by atoms with Gasteiger partial charge in [-0.15, -0.1) is 0 Å². The van der Waals surface area contributed by atoms with E-state index in [1.807, 2.05) is 0 Å². The summed E-state index contributed by atoms with van der Waals surface area (Å²) in [7, 11) is -4.70. The van der Waals surface area contributed by atoms with Crippen LogP contribution < -0.4 is 0 Å². The lowest BCUT2D eigenvalue weighted by atomic mass is 9.44. The molecule has 0 saturated heterocycles. The Morgan fingerprint density at radius 3 is 1.83 bits per heavy atom. The monoisotopic (exact) mass is 552 g/mol. The summed E-state index contributed by atoms with van der Waals surface area (Å²) in [4.78, 5) is 0. The highest BCUT2D eigenvalue weighted by Crippen LogP contribution is 2.68. The van der Waals surface area contributed by atoms with E-state index >= 15 is 0 Å². The maximum Gasteiger partial charge on any atom is 0.184 e. The van der Waals surface area contributed by atoms with Crippen molar-refractivity contribution in [3.05, 3.63) is 0 Å². The van der Waals surface area contributed by atoms with E-state index in [1.54, 1.807) is 0 Å². The number of fused-ring (bicyclic) bond motifs is 5. The van der Waals surface area contributed by atoms with E-state index in [2.05, 4.69) is 79.7 Å². The van der Waals surface area contributed by atoms with E-state index in [1.165, 1.54) is 51.4 Å². The topological polar surface area (TPSA) is 27.7 Å². The highest BCUT2D eigenvalue weighted by Gasteiger charge is 2.64. The van der Waals surface area contributed by atoms with Gasteiger partial charge in [0.25, 0.3) is 0 Å². The first-order valence-electron chi connectivity index (χ1n) is 15.4. The van der Waals surface area contributed by atoms with E-state index in [9.17, 15) is 0 Å². The third-order valence-corrected chi connectivity index (χ3v) is 13.9. The molecule has 0 aromatic heterocycles. The molecule has 3 nitrogen and oxygen atoms in total. The minimum absolute atomic E-state index is 0.389. The zero-order valence-electron chi connectivity index (χ0n) is 26.0. The first kappa shape index (κ1) is 29.5. The molecule has 0 spiro atoms. The lowest BCUT2D eigenvalue weighted by Gasteiger charge is -2.64. The first-order valence-corrected chi connectivity index (χ1v) is 25.6. The molecular weight excluding hydrogens is 493 g/mol. The van der Waals surface area contributed by atoms with Gasteiger partial charge in [-0.25, -0.2) is 0 Å². The summed E-state index contributed by atoms with van der Waals surface area (Å²) in [6, 6.07) is 0. The van der Waals surface area contributed by atoms with Gasteiger partial charge < -0.3 is 13.3 Å². The van der Waals surface area contributed by atoms with Gasteiger partial charge in [0.15, 0.2) is 25.0 Å². The Kier molecular flexibility index (Phi) is 8.09. The summed E-state index contributed by atoms with van der Waals surface area (Å²) in [5.74, 6) is 3.80. The van der Waals surface area contributed by atoms with Crippen molar-refractivity contribution in [2.75, 3.05) is 0 Å². The predicted molar refractivity (Wildman–Crippen MR) is 161 cm³/mol. The molecule has 0 aromatic rings. The Hall–Kier alpha value is 0.531. The van der Waals surface area contributed by atoms with E-state index in [0.29, 0.717) is 35.1 Å². The lowest BCUT2D eigenvalue weighted by Crippen LogP contribution is -2.60. The van der Waals surface area contributed by atoms with Crippen LogP contribution in [0.25, 0.3) is 0 Å². The van der Waals surface area contributed by atoms with Gasteiger partial charge in [-0.3, -0.25) is 0 Å². The molecule has 10 atom stereocenters. The molecule has 0 aromatic carbocycles. The van der Waals surface area contributed by atoms with Crippen LogP contribution in [0.4, 0.5) is 0 Å². The highest BCUT2D eigenvalue weighted by atomic mass is 28.4. The quantitative estimate of drug-likeness (QED) is 0.295. The van der Waals surface area contributed by atoms with Crippen molar-refractivity contribution >= 4 is 25.0 Å². The smallest absolute Gasteiger partial charge is 0.184 e. The molecular formula is C30H60O3Si3. The number of hydrogen-bond acceptors (Lipinski definition) is 3. The molecule has 0 aliphatic heterocycles. The largest absolute Gasteiger partial charge is 0.415 e. The molecule has 210 valence electrons. The van der Waals surface area contributed by atoms with Gasteiger partial charge in [0.2, 0.25) is 0 Å². The second-order valence-corrected chi connectivity index (χ2v) is 30.2. The molecule has 0 radical (unpaired) electrons. The van der Waals surface area contributed by atoms with Crippen LogP contribution in [0.3, 0.4) is 0 Å². The Morgan fingerprint density at radius 1 is 0.667 bits per heavy atom. The molecule has 0 N–H and O–H groups in total. The van der Waals surface area contributed by atoms with Crippen molar-refractivity contribution in [1.29, 1.82) is 0 Å². The average molecular weight is 553 g/mol. The maximum atomic E-state index is 7.19. The van der Waals surface area contributed by atoms with Crippen molar-refractivity contribution in [3.8, 4) is 0 Å². The van der Waals surface area contributed by atoms with Crippen molar-refractivity contribution in [2.45, 2.75) is 149 Å². The zero-order chi connectivity index (χ0) is 26.9. The fourth-order valence-corrected chi connectivity index (χ4v) is 13.4. The third-order valence-electron chi connectivity index (χ3n) is 10.8. The fourth-order valence-electron chi connectivity index (χ4n) is 9.79. The summed E-state index contributed by atoms with van der Waals surface area (Å²) in [5.41, 5.74) is 0.867. The Morgan fingerprint density at radius 2 is 1.25 bits per heavy atom. The second-order valence-electron chi connectivity index (χ2n) is 16.8. The van der Waals surface area contributed by atoms with Crippen LogP contribution >= 0.6 is 0 Å². The molecule has 4 saturated carbocycles. The van der Waals surface area contributed by atoms with Crippen molar-refractivity contribution < 1.29 is 13.3 Å². The lowest BCUT2D eigenvalue weighted by molar-refractivity contribution is -0.170. The fraction of sp³-hybridized carbons (Fsp3) is 1.00. The minimum Gasteiger partial charge on any atom is -0.415 e. The van der Waals surface area contributed by atoms with Crippen LogP contribution in [0.5, 0.6) is 0 Å². The van der Waals surface area contributed by atoms with Gasteiger partial charge in [0.1, 0.15) is 0 Å². The van der Waals surface area contributed by atoms with Crippen molar-refractivity contribution in [2.24, 2.45) is 40.4 Å². The molecule has 4 aliphatic carbocycles. The predicted octanol–water partition coefficient (Wildman–Crippen LogP) is 8.94. The Bertz CT molecular complexity index is 784. The summed E-state index contributed by atoms with van der Waals surface area (Å²) in [6.07, 6.45) is 12.0. The zero-order valence-corrected chi connectivity index (χ0v) is 29.0. The molecule has 0 bridgehead atoms. The summed E-state index contributed by atoms with van der Waals surface area (Å²) in [6.45, 7) is 29.2. The average Bonchev–Trinajstić information content (AvgIpc) is 3.02. The van der Waals surface area contributed by atoms with Gasteiger partial charge in [0.05, 0.1) is 0 Å². The normalized spacial score (nSPS) is 44.5. The number of rotatable bonds is 7. The van der Waals surface area contributed by atoms with Crippen LogP contribution in [0.15, 0.2) is 0 Å². The molecule has 7 unspecified atom stereocenters. The van der Waals surface area contributed by atoms with E-state index in [4.69, 9.17) is 13.3 Å². The van der Waals surface area contributed by atoms with Gasteiger partial charge in [0, 0.05) is 18.3 Å². The van der Waals surface area contributed by atoms with Crippen LogP contribution in [-0.4, -0.2) is 43.3 Å². The second kappa shape index (κ2) is 9.87. The summed E-state index contributed by atoms with van der Waals surface area (Å²) >= 11 is 0. The van der Waals surface area contributed by atoms with E-state index in [-0.39, 0.29) is 0 Å². The molecule has 0 heterocycles. The third kappa shape index (κ3) is 5.99. The summed E-state index contributed by atoms with van der Waals surface area (Å²) < 4.78 is 20.6. The van der Waals surface area contributed by atoms with Crippen LogP contribution in [0.1, 0.15) is 72.1 Å².